The lowest BCUT2D eigenvalue weighted by Crippen LogP contribution is -2.58. The Balaban J connectivity index is 1.46. The minimum atomic E-state index is -0.942. The highest BCUT2D eigenvalue weighted by Crippen LogP contribution is 3.10. The molecule has 10 fully saturated rings. The van der Waals surface area contributed by atoms with Crippen molar-refractivity contribution in [1.29, 1.82) is 0 Å². The summed E-state index contributed by atoms with van der Waals surface area (Å²) < 4.78 is 8.58. The van der Waals surface area contributed by atoms with E-state index in [-0.39, 0.29) is 88.9 Å². The third kappa shape index (κ3) is 1.03. The SMILES string of the molecule is COC(=O)C1C2C3C4C5C(Br)(C(=O)OC)C3C3(Br)C6C(=O)C7C8C6C6C(=O)C8C(C14)(C75Br)C623. The number of methoxy groups -OCH3 is 2. The number of carbonyl (C=O) groups excluding carboxylic acids is 4. The van der Waals surface area contributed by atoms with Gasteiger partial charge in [-0.1, -0.05) is 47.8 Å². The first-order chi connectivity index (χ1) is 15.6. The molecule has 0 saturated heterocycles. The normalized spacial score (nSPS) is 76.1. The van der Waals surface area contributed by atoms with Crippen molar-refractivity contribution in [2.75, 3.05) is 14.2 Å². The molecular formula is C24H19Br3O6. The van der Waals surface area contributed by atoms with Crippen molar-refractivity contribution in [2.24, 2.45) is 87.8 Å². The summed E-state index contributed by atoms with van der Waals surface area (Å²) in [5.41, 5.74) is -0.961. The summed E-state index contributed by atoms with van der Waals surface area (Å²) in [6.07, 6.45) is 0. The van der Waals surface area contributed by atoms with Gasteiger partial charge in [-0.15, -0.1) is 0 Å². The minimum Gasteiger partial charge on any atom is -0.469 e. The second-order valence-corrected chi connectivity index (χ2v) is 16.6. The molecule has 9 heteroatoms. The first-order valence-electron chi connectivity index (χ1n) is 11.9. The Bertz CT molecular complexity index is 1190. The van der Waals surface area contributed by atoms with E-state index < -0.39 is 23.8 Å². The molecule has 2 spiro atoms. The lowest BCUT2D eigenvalue weighted by molar-refractivity contribution is -0.148. The Morgan fingerprint density at radius 1 is 0.727 bits per heavy atom. The molecule has 10 saturated carbocycles. The third-order valence-electron chi connectivity index (χ3n) is 13.7. The van der Waals surface area contributed by atoms with Crippen molar-refractivity contribution in [3.63, 3.8) is 0 Å². The fourth-order valence-corrected chi connectivity index (χ4v) is 21.1. The zero-order chi connectivity index (χ0) is 22.7. The van der Waals surface area contributed by atoms with Gasteiger partial charge in [-0.25, -0.2) is 0 Å². The van der Waals surface area contributed by atoms with Crippen LogP contribution in [0.3, 0.4) is 0 Å². The number of hydrogen-bond donors (Lipinski definition) is 0. The fraction of sp³-hybridized carbons (Fsp3) is 0.833. The molecule has 0 aromatic heterocycles. The van der Waals surface area contributed by atoms with Gasteiger partial charge in [-0.2, -0.15) is 0 Å². The molecule has 6 nitrogen and oxygen atoms in total. The van der Waals surface area contributed by atoms with E-state index in [9.17, 15) is 19.2 Å². The van der Waals surface area contributed by atoms with Crippen molar-refractivity contribution < 1.29 is 28.7 Å². The summed E-state index contributed by atoms with van der Waals surface area (Å²) >= 11 is 12.6. The standard InChI is InChI=1S/C24H19Br3O6/c1-32-18(30)7-8-5-6-9(7)22-11-4-3-10(14(11)28)21(8,22)23(26)12(3)15(29)13(4)24(22,27)17(6)20(25,16(5)23)19(31)33-2/h3-13,16-17H,1-2H3. The summed E-state index contributed by atoms with van der Waals surface area (Å²) in [4.78, 5) is 55.5. The topological polar surface area (TPSA) is 86.7 Å². The van der Waals surface area contributed by atoms with Gasteiger partial charge in [-0.05, 0) is 35.5 Å². The number of rotatable bonds is 2. The van der Waals surface area contributed by atoms with Gasteiger partial charge >= 0.3 is 11.9 Å². The van der Waals surface area contributed by atoms with Crippen LogP contribution in [-0.2, 0) is 28.7 Å². The molecule has 10 rings (SSSR count). The van der Waals surface area contributed by atoms with E-state index in [1.807, 2.05) is 0 Å². The number of alkyl halides is 3. The third-order valence-corrected chi connectivity index (χ3v) is 18.3. The molecule has 0 aromatic rings. The van der Waals surface area contributed by atoms with E-state index in [2.05, 4.69) is 47.8 Å². The van der Waals surface area contributed by atoms with Crippen molar-refractivity contribution >= 4 is 71.3 Å². The average molecular weight is 643 g/mol. The van der Waals surface area contributed by atoms with Crippen molar-refractivity contribution in [3.05, 3.63) is 0 Å². The lowest BCUT2D eigenvalue weighted by Gasteiger charge is -2.54. The summed E-state index contributed by atoms with van der Waals surface area (Å²) in [7, 11) is 2.91. The molecule has 0 aromatic carbocycles. The first kappa shape index (κ1) is 18.9. The highest BCUT2D eigenvalue weighted by atomic mass is 79.9. The Labute approximate surface area is 214 Å². The maximum Gasteiger partial charge on any atom is 0.323 e. The number of halogens is 3. The number of carbonyl (C=O) groups is 4. The average Bonchev–Trinajstić information content (AvgIpc) is 3.58. The molecule has 0 amide bonds. The number of Topliss-reactive ketones (excluding diaryl/α,β-unsaturated/α-hetero) is 2. The van der Waals surface area contributed by atoms with Crippen LogP contribution >= 0.6 is 47.8 Å². The molecular weight excluding hydrogens is 624 g/mol. The van der Waals surface area contributed by atoms with Gasteiger partial charge in [0.2, 0.25) is 0 Å². The van der Waals surface area contributed by atoms with E-state index in [0.717, 1.165) is 0 Å². The van der Waals surface area contributed by atoms with Crippen LogP contribution in [0.1, 0.15) is 0 Å². The second-order valence-electron chi connectivity index (χ2n) is 12.6. The minimum absolute atomic E-state index is 0.0348. The van der Waals surface area contributed by atoms with Crippen LogP contribution in [0.5, 0.6) is 0 Å². The van der Waals surface area contributed by atoms with Crippen LogP contribution in [-0.4, -0.2) is 50.7 Å². The van der Waals surface area contributed by atoms with Crippen molar-refractivity contribution in [1.82, 2.24) is 0 Å². The van der Waals surface area contributed by atoms with Gasteiger partial charge in [0.1, 0.15) is 15.9 Å². The molecule has 0 N–H and O–H groups in total. The van der Waals surface area contributed by atoms with Crippen LogP contribution in [0.25, 0.3) is 0 Å². The van der Waals surface area contributed by atoms with E-state index in [0.29, 0.717) is 11.6 Å². The van der Waals surface area contributed by atoms with E-state index >= 15 is 0 Å². The molecule has 4 bridgehead atoms. The molecule has 0 heterocycles. The van der Waals surface area contributed by atoms with Gasteiger partial charge < -0.3 is 9.47 Å². The highest BCUT2D eigenvalue weighted by molar-refractivity contribution is 9.11. The van der Waals surface area contributed by atoms with Gasteiger partial charge in [0.15, 0.2) is 0 Å². The molecule has 172 valence electrons. The summed E-state index contributed by atoms with van der Waals surface area (Å²) in [5.74, 6) is -1.16. The van der Waals surface area contributed by atoms with Crippen molar-refractivity contribution in [2.45, 2.75) is 13.0 Å². The van der Waals surface area contributed by atoms with E-state index in [1.54, 1.807) is 0 Å². The van der Waals surface area contributed by atoms with Crippen LogP contribution in [0.15, 0.2) is 0 Å². The number of hydrogen-bond acceptors (Lipinski definition) is 6. The number of ketones is 2. The summed E-state index contributed by atoms with van der Waals surface area (Å²) in [5, 5.41) is 0. The quantitative estimate of drug-likeness (QED) is 0.339. The predicted octanol–water partition coefficient (Wildman–Crippen LogP) is 1.99. The maximum atomic E-state index is 14.3. The van der Waals surface area contributed by atoms with Crippen LogP contribution in [0.4, 0.5) is 0 Å². The van der Waals surface area contributed by atoms with Gasteiger partial charge in [0.25, 0.3) is 0 Å². The Morgan fingerprint density at radius 3 is 1.61 bits per heavy atom. The summed E-state index contributed by atoms with van der Waals surface area (Å²) in [6.45, 7) is 0. The van der Waals surface area contributed by atoms with E-state index in [1.165, 1.54) is 14.2 Å². The molecule has 10 aliphatic rings. The predicted molar refractivity (Wildman–Crippen MR) is 119 cm³/mol. The smallest absolute Gasteiger partial charge is 0.323 e. The molecule has 16 unspecified atom stereocenters. The van der Waals surface area contributed by atoms with E-state index in [4.69, 9.17) is 9.47 Å². The molecule has 33 heavy (non-hydrogen) atoms. The zero-order valence-corrected chi connectivity index (χ0v) is 22.3. The largest absolute Gasteiger partial charge is 0.469 e. The zero-order valence-electron chi connectivity index (χ0n) is 17.6. The Hall–Kier alpha value is -0.280. The lowest BCUT2D eigenvalue weighted by atomic mass is 9.51. The van der Waals surface area contributed by atoms with Gasteiger partial charge in [-0.3, -0.25) is 19.2 Å². The summed E-state index contributed by atoms with van der Waals surface area (Å²) in [6, 6.07) is 0. The van der Waals surface area contributed by atoms with Crippen molar-refractivity contribution in [3.8, 4) is 0 Å². The maximum absolute atomic E-state index is 14.3. The van der Waals surface area contributed by atoms with Crippen LogP contribution in [0.2, 0.25) is 0 Å². The highest BCUT2D eigenvalue weighted by Gasteiger charge is 3.15. The monoisotopic (exact) mass is 640 g/mol. The van der Waals surface area contributed by atoms with Crippen LogP contribution < -0.4 is 0 Å². The second kappa shape index (κ2) is 4.37. The molecule has 10 aliphatic carbocycles. The van der Waals surface area contributed by atoms with Gasteiger partial charge in [0.05, 0.1) is 20.1 Å². The number of fused-ring (bicyclic) bond motifs is 4. The molecule has 0 radical (unpaired) electrons. The first-order valence-corrected chi connectivity index (χ1v) is 14.3. The Morgan fingerprint density at radius 2 is 1.18 bits per heavy atom. The Kier molecular flexibility index (Phi) is 2.51. The number of esters is 2. The van der Waals surface area contributed by atoms with Crippen LogP contribution in [0, 0.1) is 87.8 Å². The fourth-order valence-electron chi connectivity index (χ4n) is 14.9. The molecule has 0 aliphatic heterocycles. The molecule has 16 atom stereocenters. The van der Waals surface area contributed by atoms with Gasteiger partial charge in [0, 0.05) is 55.0 Å². The number of ether oxygens (including phenoxy) is 2.